The molecule has 0 unspecified atom stereocenters. The van der Waals surface area contributed by atoms with E-state index in [0.29, 0.717) is 13.0 Å². The Balaban J connectivity index is 1.77. The molecule has 1 fully saturated rings. The van der Waals surface area contributed by atoms with E-state index in [1.54, 1.807) is 12.1 Å². The number of piperidine rings is 1. The van der Waals surface area contributed by atoms with Gasteiger partial charge in [-0.3, -0.25) is 0 Å². The van der Waals surface area contributed by atoms with Gasteiger partial charge in [0.1, 0.15) is 5.82 Å². The van der Waals surface area contributed by atoms with E-state index in [1.807, 2.05) is 0 Å². The second-order valence-electron chi connectivity index (χ2n) is 7.77. The van der Waals surface area contributed by atoms with Gasteiger partial charge in [0.2, 0.25) is 0 Å². The molecule has 1 heterocycles. The molecule has 128 valence electrons. The number of rotatable bonds is 4. The number of benzene rings is 1. The topological polar surface area (TPSA) is 53.2 Å². The van der Waals surface area contributed by atoms with Crippen LogP contribution in [0.15, 0.2) is 24.3 Å². The van der Waals surface area contributed by atoms with Crippen LogP contribution >= 0.6 is 0 Å². The summed E-state index contributed by atoms with van der Waals surface area (Å²) in [6.07, 6.45) is 2.50. The molecule has 0 aromatic heterocycles. The lowest BCUT2D eigenvalue weighted by Crippen LogP contribution is -2.62. The van der Waals surface area contributed by atoms with Gasteiger partial charge < -0.3 is 16.0 Å². The molecule has 5 heteroatoms. The number of carbonyl (C=O) groups excluding carboxylic acids is 1. The zero-order chi connectivity index (χ0) is 17.1. The number of carbonyl (C=O) groups is 1. The van der Waals surface area contributed by atoms with Crippen LogP contribution in [0.5, 0.6) is 0 Å². The van der Waals surface area contributed by atoms with Crippen LogP contribution < -0.4 is 16.0 Å². The van der Waals surface area contributed by atoms with Gasteiger partial charge in [0.25, 0.3) is 0 Å². The molecular formula is C18H28FN3O. The normalized spacial score (nSPS) is 20.0. The van der Waals surface area contributed by atoms with E-state index in [2.05, 4.69) is 43.6 Å². The van der Waals surface area contributed by atoms with Gasteiger partial charge in [-0.2, -0.15) is 0 Å². The van der Waals surface area contributed by atoms with Gasteiger partial charge in [-0.15, -0.1) is 0 Å². The first kappa shape index (κ1) is 17.7. The molecule has 0 spiro atoms. The molecule has 2 amide bonds. The summed E-state index contributed by atoms with van der Waals surface area (Å²) in [4.78, 5) is 12.1. The van der Waals surface area contributed by atoms with Crippen LogP contribution in [0.1, 0.15) is 46.1 Å². The van der Waals surface area contributed by atoms with E-state index in [4.69, 9.17) is 0 Å². The van der Waals surface area contributed by atoms with E-state index in [0.717, 1.165) is 18.4 Å². The molecule has 23 heavy (non-hydrogen) atoms. The minimum absolute atomic E-state index is 0.00775. The summed E-state index contributed by atoms with van der Waals surface area (Å²) in [5, 5.41) is 9.56. The molecule has 1 aliphatic rings. The Labute approximate surface area is 138 Å². The van der Waals surface area contributed by atoms with Gasteiger partial charge in [0.05, 0.1) is 0 Å². The molecule has 1 aromatic carbocycles. The Hall–Kier alpha value is -1.62. The van der Waals surface area contributed by atoms with Crippen LogP contribution in [0.2, 0.25) is 0 Å². The largest absolute Gasteiger partial charge is 0.338 e. The van der Waals surface area contributed by atoms with Gasteiger partial charge in [0.15, 0.2) is 0 Å². The molecular weight excluding hydrogens is 293 g/mol. The number of urea groups is 1. The summed E-state index contributed by atoms with van der Waals surface area (Å²) in [5.74, 6) is -0.240. The van der Waals surface area contributed by atoms with Gasteiger partial charge in [-0.25, -0.2) is 9.18 Å². The van der Waals surface area contributed by atoms with Crippen molar-refractivity contribution in [1.82, 2.24) is 16.0 Å². The number of hydrogen-bond acceptors (Lipinski definition) is 2. The maximum Gasteiger partial charge on any atom is 0.315 e. The maximum atomic E-state index is 12.8. The lowest BCUT2D eigenvalue weighted by atomic mass is 9.80. The Morgan fingerprint density at radius 3 is 2.30 bits per heavy atom. The van der Waals surface area contributed by atoms with Crippen molar-refractivity contribution >= 4 is 6.03 Å². The number of halogens is 1. The van der Waals surface area contributed by atoms with Gasteiger partial charge in [0, 0.05) is 23.7 Å². The first-order valence-corrected chi connectivity index (χ1v) is 8.23. The predicted molar refractivity (Wildman–Crippen MR) is 91.0 cm³/mol. The van der Waals surface area contributed by atoms with Crippen molar-refractivity contribution < 1.29 is 9.18 Å². The van der Waals surface area contributed by atoms with E-state index >= 15 is 0 Å². The third kappa shape index (κ3) is 5.82. The highest BCUT2D eigenvalue weighted by Crippen LogP contribution is 2.28. The average Bonchev–Trinajstić information content (AvgIpc) is 2.37. The monoisotopic (exact) mass is 321 g/mol. The molecule has 0 aliphatic carbocycles. The van der Waals surface area contributed by atoms with Crippen LogP contribution in [0.4, 0.5) is 9.18 Å². The minimum Gasteiger partial charge on any atom is -0.338 e. The van der Waals surface area contributed by atoms with Crippen LogP contribution in [-0.2, 0) is 6.42 Å². The van der Waals surface area contributed by atoms with Crippen molar-refractivity contribution in [1.29, 1.82) is 0 Å². The van der Waals surface area contributed by atoms with Gasteiger partial charge in [-0.05, 0) is 64.7 Å². The fraction of sp³-hybridized carbons (Fsp3) is 0.611. The summed E-state index contributed by atoms with van der Waals surface area (Å²) in [7, 11) is 0. The Morgan fingerprint density at radius 2 is 1.74 bits per heavy atom. The summed E-state index contributed by atoms with van der Waals surface area (Å²) in [6.45, 7) is 9.18. The van der Waals surface area contributed by atoms with E-state index in [9.17, 15) is 9.18 Å². The molecule has 4 nitrogen and oxygen atoms in total. The number of hydrogen-bond donors (Lipinski definition) is 3. The second kappa shape index (κ2) is 6.87. The van der Waals surface area contributed by atoms with Crippen molar-refractivity contribution in [2.24, 2.45) is 0 Å². The van der Waals surface area contributed by atoms with Crippen LogP contribution in [0, 0.1) is 5.82 Å². The molecule has 1 saturated heterocycles. The van der Waals surface area contributed by atoms with Crippen LogP contribution in [0.25, 0.3) is 0 Å². The fourth-order valence-electron chi connectivity index (χ4n) is 3.63. The van der Waals surface area contributed by atoms with Crippen molar-refractivity contribution in [3.63, 3.8) is 0 Å². The first-order chi connectivity index (χ1) is 10.7. The Bertz CT molecular complexity index is 524. The molecule has 0 atom stereocenters. The predicted octanol–water partition coefficient (Wildman–Crippen LogP) is 2.98. The molecule has 0 bridgehead atoms. The molecule has 1 aliphatic heterocycles. The first-order valence-electron chi connectivity index (χ1n) is 8.23. The number of amides is 2. The van der Waals surface area contributed by atoms with Crippen molar-refractivity contribution in [3.05, 3.63) is 35.6 Å². The van der Waals surface area contributed by atoms with Crippen LogP contribution in [-0.4, -0.2) is 29.7 Å². The van der Waals surface area contributed by atoms with Crippen molar-refractivity contribution in [2.45, 2.75) is 64.1 Å². The summed E-state index contributed by atoms with van der Waals surface area (Å²) >= 11 is 0. The quantitative estimate of drug-likeness (QED) is 0.798. The third-order valence-electron chi connectivity index (χ3n) is 4.14. The zero-order valence-corrected chi connectivity index (χ0v) is 14.5. The fourth-order valence-corrected chi connectivity index (χ4v) is 3.63. The van der Waals surface area contributed by atoms with Crippen molar-refractivity contribution in [2.75, 3.05) is 6.54 Å². The molecule has 2 rings (SSSR count). The lowest BCUT2D eigenvalue weighted by Gasteiger charge is -2.46. The lowest BCUT2D eigenvalue weighted by molar-refractivity contribution is 0.147. The third-order valence-corrected chi connectivity index (χ3v) is 4.14. The number of nitrogens with one attached hydrogen (secondary N) is 3. The van der Waals surface area contributed by atoms with Gasteiger partial charge in [-0.1, -0.05) is 12.1 Å². The molecule has 0 radical (unpaired) electrons. The highest BCUT2D eigenvalue weighted by Gasteiger charge is 2.38. The smallest absolute Gasteiger partial charge is 0.315 e. The summed E-state index contributed by atoms with van der Waals surface area (Å²) in [5.41, 5.74) is 1.03. The maximum absolute atomic E-state index is 12.8. The Morgan fingerprint density at radius 1 is 1.17 bits per heavy atom. The standard InChI is InChI=1S/C18H28FN3O/c1-17(2)11-15(12-18(3,4)22-17)21-16(23)20-10-9-13-5-7-14(19)8-6-13/h5-8,15,22H,9-12H2,1-4H3,(H2,20,21,23). The molecule has 3 N–H and O–H groups in total. The SMILES string of the molecule is CC1(C)CC(NC(=O)NCCc2ccc(F)cc2)CC(C)(C)N1. The van der Waals surface area contributed by atoms with E-state index in [1.165, 1.54) is 12.1 Å². The van der Waals surface area contributed by atoms with Crippen LogP contribution in [0.3, 0.4) is 0 Å². The highest BCUT2D eigenvalue weighted by molar-refractivity contribution is 5.74. The summed E-state index contributed by atoms with van der Waals surface area (Å²) < 4.78 is 12.8. The average molecular weight is 321 g/mol. The van der Waals surface area contributed by atoms with E-state index < -0.39 is 0 Å². The van der Waals surface area contributed by atoms with Crippen molar-refractivity contribution in [3.8, 4) is 0 Å². The second-order valence-corrected chi connectivity index (χ2v) is 7.77. The zero-order valence-electron chi connectivity index (χ0n) is 14.5. The molecule has 0 saturated carbocycles. The molecule has 1 aromatic rings. The summed E-state index contributed by atoms with van der Waals surface area (Å²) in [6, 6.07) is 6.39. The Kier molecular flexibility index (Phi) is 5.30. The van der Waals surface area contributed by atoms with E-state index in [-0.39, 0.29) is 29.0 Å². The van der Waals surface area contributed by atoms with Gasteiger partial charge >= 0.3 is 6.03 Å². The minimum atomic E-state index is -0.240. The highest BCUT2D eigenvalue weighted by atomic mass is 19.1.